The zero-order chi connectivity index (χ0) is 12.3. The van der Waals surface area contributed by atoms with Gasteiger partial charge in [0.05, 0.1) is 17.9 Å². The van der Waals surface area contributed by atoms with Gasteiger partial charge in [-0.2, -0.15) is 5.10 Å². The molecular formula is C11H16N6. The largest absolute Gasteiger partial charge is 0.273 e. The topological polar surface area (TPSA) is 81.7 Å². The molecule has 2 rings (SSSR count). The predicted molar refractivity (Wildman–Crippen MR) is 63.8 cm³/mol. The van der Waals surface area contributed by atoms with Gasteiger partial charge in [-0.1, -0.05) is 0 Å². The molecule has 0 aliphatic carbocycles. The molecule has 6 nitrogen and oxygen atoms in total. The van der Waals surface area contributed by atoms with Crippen LogP contribution in [0.3, 0.4) is 0 Å². The van der Waals surface area contributed by atoms with Crippen LogP contribution in [0.5, 0.6) is 0 Å². The normalized spacial score (nSPS) is 12.6. The number of nitrogens with one attached hydrogen (secondary N) is 1. The van der Waals surface area contributed by atoms with E-state index in [0.717, 1.165) is 23.6 Å². The summed E-state index contributed by atoms with van der Waals surface area (Å²) in [5.41, 5.74) is 4.59. The molecule has 1 unspecified atom stereocenters. The summed E-state index contributed by atoms with van der Waals surface area (Å²) >= 11 is 0. The van der Waals surface area contributed by atoms with Crippen molar-refractivity contribution in [3.05, 3.63) is 41.7 Å². The highest BCUT2D eigenvalue weighted by molar-refractivity contribution is 5.22. The molecule has 3 N–H and O–H groups in total. The summed E-state index contributed by atoms with van der Waals surface area (Å²) in [5, 5.41) is 4.23. The predicted octanol–water partition coefficient (Wildman–Crippen LogP) is 0.554. The van der Waals surface area contributed by atoms with Crippen LogP contribution in [0.25, 0.3) is 0 Å². The lowest BCUT2D eigenvalue weighted by Crippen LogP contribution is -2.29. The Hall–Kier alpha value is -1.79. The number of aryl methyl sites for hydroxylation is 2. The van der Waals surface area contributed by atoms with Crippen molar-refractivity contribution in [1.29, 1.82) is 0 Å². The van der Waals surface area contributed by atoms with Crippen molar-refractivity contribution < 1.29 is 0 Å². The zero-order valence-corrected chi connectivity index (χ0v) is 9.96. The number of rotatable bonds is 4. The Balaban J connectivity index is 2.33. The van der Waals surface area contributed by atoms with E-state index in [1.165, 1.54) is 0 Å². The molecule has 1 atom stereocenters. The summed E-state index contributed by atoms with van der Waals surface area (Å²) < 4.78 is 1.85. The number of hydrogen-bond donors (Lipinski definition) is 2. The molecule has 0 radical (unpaired) electrons. The van der Waals surface area contributed by atoms with Gasteiger partial charge in [-0.3, -0.25) is 10.5 Å². The summed E-state index contributed by atoms with van der Waals surface area (Å²) in [6, 6.07) is 1.69. The maximum absolute atomic E-state index is 5.59. The number of hydrogen-bond acceptors (Lipinski definition) is 5. The standard InChI is InChI=1S/C11H16N6/c1-3-17-7-9(6-14-17)11(16-12)10-4-5-13-8(2)15-10/h4-7,11,16H,3,12H2,1-2H3. The van der Waals surface area contributed by atoms with Gasteiger partial charge < -0.3 is 0 Å². The average Bonchev–Trinajstić information content (AvgIpc) is 2.79. The Kier molecular flexibility index (Phi) is 3.46. The molecule has 0 bridgehead atoms. The average molecular weight is 232 g/mol. The van der Waals surface area contributed by atoms with Gasteiger partial charge in [-0.15, -0.1) is 0 Å². The quantitative estimate of drug-likeness (QED) is 0.594. The van der Waals surface area contributed by atoms with Crippen molar-refractivity contribution in [3.63, 3.8) is 0 Å². The van der Waals surface area contributed by atoms with E-state index in [-0.39, 0.29) is 6.04 Å². The van der Waals surface area contributed by atoms with Crippen LogP contribution < -0.4 is 11.3 Å². The van der Waals surface area contributed by atoms with Crippen molar-refractivity contribution in [2.24, 2.45) is 5.84 Å². The third-order valence-corrected chi connectivity index (χ3v) is 2.57. The Labute approximate surface area is 99.9 Å². The maximum atomic E-state index is 5.59. The van der Waals surface area contributed by atoms with Crippen LogP contribution in [0.1, 0.15) is 30.0 Å². The van der Waals surface area contributed by atoms with Crippen LogP contribution in [0.4, 0.5) is 0 Å². The van der Waals surface area contributed by atoms with Gasteiger partial charge in [0.1, 0.15) is 5.82 Å². The highest BCUT2D eigenvalue weighted by Crippen LogP contribution is 2.18. The van der Waals surface area contributed by atoms with Gasteiger partial charge >= 0.3 is 0 Å². The third kappa shape index (κ3) is 2.48. The Morgan fingerprint density at radius 3 is 2.94 bits per heavy atom. The van der Waals surface area contributed by atoms with E-state index < -0.39 is 0 Å². The van der Waals surface area contributed by atoms with Crippen molar-refractivity contribution in [3.8, 4) is 0 Å². The first kappa shape index (κ1) is 11.7. The fourth-order valence-corrected chi connectivity index (χ4v) is 1.69. The van der Waals surface area contributed by atoms with Crippen LogP contribution in [-0.4, -0.2) is 19.7 Å². The smallest absolute Gasteiger partial charge is 0.125 e. The highest BCUT2D eigenvalue weighted by atomic mass is 15.3. The fourth-order valence-electron chi connectivity index (χ4n) is 1.69. The maximum Gasteiger partial charge on any atom is 0.125 e. The summed E-state index contributed by atoms with van der Waals surface area (Å²) in [6.45, 7) is 4.73. The molecule has 90 valence electrons. The van der Waals surface area contributed by atoms with Gasteiger partial charge in [0.25, 0.3) is 0 Å². The molecule has 0 saturated heterocycles. The molecule has 2 aromatic heterocycles. The molecule has 0 aromatic carbocycles. The highest BCUT2D eigenvalue weighted by Gasteiger charge is 2.15. The van der Waals surface area contributed by atoms with E-state index in [2.05, 4.69) is 20.5 Å². The molecular weight excluding hydrogens is 216 g/mol. The lowest BCUT2D eigenvalue weighted by Gasteiger charge is -2.13. The molecule has 0 spiro atoms. The summed E-state index contributed by atoms with van der Waals surface area (Å²) in [5.74, 6) is 6.32. The van der Waals surface area contributed by atoms with E-state index in [0.29, 0.717) is 0 Å². The van der Waals surface area contributed by atoms with E-state index in [1.54, 1.807) is 12.4 Å². The second-order valence-corrected chi connectivity index (χ2v) is 3.76. The molecule has 6 heteroatoms. The number of nitrogens with two attached hydrogens (primary N) is 1. The van der Waals surface area contributed by atoms with Crippen LogP contribution >= 0.6 is 0 Å². The van der Waals surface area contributed by atoms with Crippen LogP contribution in [-0.2, 0) is 6.54 Å². The summed E-state index contributed by atoms with van der Waals surface area (Å²) in [7, 11) is 0. The van der Waals surface area contributed by atoms with Crippen LogP contribution in [0.2, 0.25) is 0 Å². The number of hydrazine groups is 1. The number of aromatic nitrogens is 4. The van der Waals surface area contributed by atoms with E-state index >= 15 is 0 Å². The Bertz CT molecular complexity index is 492. The van der Waals surface area contributed by atoms with Crippen molar-refractivity contribution >= 4 is 0 Å². The molecule has 0 fully saturated rings. The molecule has 0 saturated carbocycles. The van der Waals surface area contributed by atoms with E-state index in [1.807, 2.05) is 30.8 Å². The second-order valence-electron chi connectivity index (χ2n) is 3.76. The van der Waals surface area contributed by atoms with Crippen molar-refractivity contribution in [2.45, 2.75) is 26.4 Å². The first-order valence-corrected chi connectivity index (χ1v) is 5.52. The first-order chi connectivity index (χ1) is 8.24. The zero-order valence-electron chi connectivity index (χ0n) is 9.96. The molecule has 0 aliphatic rings. The van der Waals surface area contributed by atoms with Gasteiger partial charge in [0, 0.05) is 24.5 Å². The van der Waals surface area contributed by atoms with Gasteiger partial charge in [-0.05, 0) is 19.9 Å². The van der Waals surface area contributed by atoms with Crippen molar-refractivity contribution in [2.75, 3.05) is 0 Å². The molecule has 2 aromatic rings. The SMILES string of the molecule is CCn1cc(C(NN)c2ccnc(C)n2)cn1. The lowest BCUT2D eigenvalue weighted by molar-refractivity contribution is 0.612. The molecule has 0 amide bonds. The minimum absolute atomic E-state index is 0.156. The van der Waals surface area contributed by atoms with Gasteiger partial charge in [0.15, 0.2) is 0 Å². The van der Waals surface area contributed by atoms with E-state index in [9.17, 15) is 0 Å². The Morgan fingerprint density at radius 2 is 2.35 bits per heavy atom. The minimum Gasteiger partial charge on any atom is -0.273 e. The fraction of sp³-hybridized carbons (Fsp3) is 0.364. The van der Waals surface area contributed by atoms with Gasteiger partial charge in [-0.25, -0.2) is 15.4 Å². The molecule has 0 aliphatic heterocycles. The van der Waals surface area contributed by atoms with Gasteiger partial charge in [0.2, 0.25) is 0 Å². The van der Waals surface area contributed by atoms with Crippen molar-refractivity contribution in [1.82, 2.24) is 25.2 Å². The molecule has 2 heterocycles. The summed E-state index contributed by atoms with van der Waals surface area (Å²) in [4.78, 5) is 8.44. The van der Waals surface area contributed by atoms with Crippen LogP contribution in [0, 0.1) is 6.92 Å². The second kappa shape index (κ2) is 5.03. The monoisotopic (exact) mass is 232 g/mol. The number of nitrogens with zero attached hydrogens (tertiary/aromatic N) is 4. The minimum atomic E-state index is -0.156. The lowest BCUT2D eigenvalue weighted by atomic mass is 10.1. The molecule has 17 heavy (non-hydrogen) atoms. The van der Waals surface area contributed by atoms with E-state index in [4.69, 9.17) is 5.84 Å². The Morgan fingerprint density at radius 1 is 1.53 bits per heavy atom. The first-order valence-electron chi connectivity index (χ1n) is 5.52. The van der Waals surface area contributed by atoms with Crippen LogP contribution in [0.15, 0.2) is 24.7 Å². The third-order valence-electron chi connectivity index (χ3n) is 2.57. The summed E-state index contributed by atoms with van der Waals surface area (Å²) in [6.07, 6.45) is 5.49.